The molecule has 1 aromatic carbocycles. The van der Waals surface area contributed by atoms with E-state index in [1.165, 1.54) is 6.07 Å². The van der Waals surface area contributed by atoms with Crippen LogP contribution in [0.1, 0.15) is 25.7 Å². The van der Waals surface area contributed by atoms with E-state index in [1.54, 1.807) is 0 Å². The maximum atomic E-state index is 12.9. The Morgan fingerprint density at radius 1 is 1.24 bits per heavy atom. The Kier molecular flexibility index (Phi) is 6.50. The third-order valence-electron chi connectivity index (χ3n) is 2.70. The highest BCUT2D eigenvalue weighted by Gasteiger charge is 2.15. The van der Waals surface area contributed by atoms with E-state index in [2.05, 4.69) is 0 Å². The summed E-state index contributed by atoms with van der Waals surface area (Å²) in [5.41, 5.74) is -0.413. The summed E-state index contributed by atoms with van der Waals surface area (Å²) in [6.45, 7) is 0.238. The lowest BCUT2D eigenvalue weighted by Crippen LogP contribution is -2.16. The highest BCUT2D eigenvalue weighted by molar-refractivity contribution is 7.89. The largest absolute Gasteiger partial charge is 0.487 e. The average Bonchev–Trinajstić information content (AvgIpc) is 2.37. The van der Waals surface area contributed by atoms with E-state index in [9.17, 15) is 22.9 Å². The highest BCUT2D eigenvalue weighted by Crippen LogP contribution is 2.27. The molecule has 0 aliphatic heterocycles. The Balaban J connectivity index is 2.32. The number of nitro groups is 1. The molecule has 118 valence electrons. The fourth-order valence-electron chi connectivity index (χ4n) is 1.70. The molecule has 0 saturated carbocycles. The molecule has 9 heteroatoms. The maximum absolute atomic E-state index is 12.9. The summed E-state index contributed by atoms with van der Waals surface area (Å²) in [6, 6.07) is 3.12. The number of hydrogen-bond acceptors (Lipinski definition) is 5. The van der Waals surface area contributed by atoms with Gasteiger partial charge < -0.3 is 4.74 Å². The van der Waals surface area contributed by atoms with Gasteiger partial charge in [0.1, 0.15) is 5.82 Å². The maximum Gasteiger partial charge on any atom is 0.313 e. The molecule has 0 spiro atoms. The Labute approximate surface area is 122 Å². The quantitative estimate of drug-likeness (QED) is 0.424. The minimum Gasteiger partial charge on any atom is -0.487 e. The topological polar surface area (TPSA) is 113 Å². The number of ether oxygens (including phenoxy) is 1. The number of rotatable bonds is 9. The van der Waals surface area contributed by atoms with Gasteiger partial charge in [0, 0.05) is 0 Å². The molecule has 0 atom stereocenters. The van der Waals surface area contributed by atoms with Crippen molar-refractivity contribution < 1.29 is 22.5 Å². The fraction of sp³-hybridized carbons (Fsp3) is 0.500. The van der Waals surface area contributed by atoms with Crippen LogP contribution in [0.25, 0.3) is 0 Å². The molecular weight excluding hydrogens is 303 g/mol. The number of unbranched alkanes of at least 4 members (excludes halogenated alkanes) is 3. The van der Waals surface area contributed by atoms with Crippen molar-refractivity contribution in [3.63, 3.8) is 0 Å². The van der Waals surface area contributed by atoms with E-state index in [-0.39, 0.29) is 18.1 Å². The molecular formula is C12H17FN2O5S. The number of nitro benzene ring substituents is 1. The molecule has 0 unspecified atom stereocenters. The van der Waals surface area contributed by atoms with Crippen LogP contribution in [-0.2, 0) is 10.0 Å². The lowest BCUT2D eigenvalue weighted by atomic mass is 10.2. The second-order valence-electron chi connectivity index (χ2n) is 4.50. The van der Waals surface area contributed by atoms with Gasteiger partial charge in [-0.25, -0.2) is 17.9 Å². The molecule has 7 nitrogen and oxygen atoms in total. The van der Waals surface area contributed by atoms with Gasteiger partial charge in [-0.3, -0.25) is 10.1 Å². The molecule has 0 aromatic heterocycles. The van der Waals surface area contributed by atoms with Crippen LogP contribution in [0.5, 0.6) is 5.75 Å². The van der Waals surface area contributed by atoms with Gasteiger partial charge in [-0.2, -0.15) is 0 Å². The van der Waals surface area contributed by atoms with Crippen LogP contribution in [-0.4, -0.2) is 25.7 Å². The molecule has 0 saturated heterocycles. The van der Waals surface area contributed by atoms with Crippen molar-refractivity contribution in [2.45, 2.75) is 25.7 Å². The zero-order chi connectivity index (χ0) is 15.9. The number of nitrogens with zero attached hydrogens (tertiary/aromatic N) is 1. The lowest BCUT2D eigenvalue weighted by molar-refractivity contribution is -0.386. The predicted octanol–water partition coefficient (Wildman–Crippen LogP) is 1.96. The van der Waals surface area contributed by atoms with Crippen LogP contribution >= 0.6 is 0 Å². The van der Waals surface area contributed by atoms with E-state index < -0.39 is 26.5 Å². The molecule has 0 heterocycles. The number of benzene rings is 1. The van der Waals surface area contributed by atoms with Crippen LogP contribution < -0.4 is 9.88 Å². The lowest BCUT2D eigenvalue weighted by Gasteiger charge is -2.06. The van der Waals surface area contributed by atoms with Crippen LogP contribution in [0, 0.1) is 15.9 Å². The molecule has 0 aliphatic carbocycles. The van der Waals surface area contributed by atoms with Crippen molar-refractivity contribution in [2.24, 2.45) is 5.14 Å². The normalized spacial score (nSPS) is 11.3. The van der Waals surface area contributed by atoms with Crippen molar-refractivity contribution in [3.8, 4) is 5.75 Å². The van der Waals surface area contributed by atoms with Crippen LogP contribution in [0.4, 0.5) is 10.1 Å². The van der Waals surface area contributed by atoms with Crippen molar-refractivity contribution >= 4 is 15.7 Å². The number of nitrogens with two attached hydrogens (primary N) is 1. The zero-order valence-corrected chi connectivity index (χ0v) is 12.1. The van der Waals surface area contributed by atoms with Gasteiger partial charge in [0.15, 0.2) is 5.75 Å². The summed E-state index contributed by atoms with van der Waals surface area (Å²) in [7, 11) is -3.42. The summed E-state index contributed by atoms with van der Waals surface area (Å²) in [4.78, 5) is 10.0. The van der Waals surface area contributed by atoms with E-state index >= 15 is 0 Å². The molecule has 0 bridgehead atoms. The third kappa shape index (κ3) is 7.00. The third-order valence-corrected chi connectivity index (χ3v) is 3.56. The Hall–Kier alpha value is -1.74. The Morgan fingerprint density at radius 3 is 2.52 bits per heavy atom. The minimum absolute atomic E-state index is 0.0194. The first kappa shape index (κ1) is 17.3. The predicted molar refractivity (Wildman–Crippen MR) is 75.0 cm³/mol. The van der Waals surface area contributed by atoms with Crippen molar-refractivity contribution in [2.75, 3.05) is 12.4 Å². The molecule has 21 heavy (non-hydrogen) atoms. The Morgan fingerprint density at radius 2 is 1.90 bits per heavy atom. The van der Waals surface area contributed by atoms with Crippen molar-refractivity contribution in [1.82, 2.24) is 0 Å². The standard InChI is InChI=1S/C12H17FN2O5S/c13-10-5-6-12(11(9-10)15(16)17)20-7-3-1-2-4-8-21(14,18)19/h5-6,9H,1-4,7-8H2,(H2,14,18,19). The van der Waals surface area contributed by atoms with Crippen LogP contribution in [0.2, 0.25) is 0 Å². The fourth-order valence-corrected chi connectivity index (χ4v) is 2.30. The van der Waals surface area contributed by atoms with E-state index in [0.717, 1.165) is 12.1 Å². The second-order valence-corrected chi connectivity index (χ2v) is 6.23. The van der Waals surface area contributed by atoms with Gasteiger partial charge in [-0.15, -0.1) is 0 Å². The Bertz CT molecular complexity index is 591. The number of hydrogen-bond donors (Lipinski definition) is 1. The smallest absolute Gasteiger partial charge is 0.313 e. The summed E-state index contributed by atoms with van der Waals surface area (Å²) in [5.74, 6) is -0.736. The van der Waals surface area contributed by atoms with Crippen molar-refractivity contribution in [1.29, 1.82) is 0 Å². The summed E-state index contributed by atoms with van der Waals surface area (Å²) in [6.07, 6.45) is 2.46. The first-order valence-electron chi connectivity index (χ1n) is 6.37. The number of halogens is 1. The van der Waals surface area contributed by atoms with Gasteiger partial charge in [-0.1, -0.05) is 12.8 Å². The van der Waals surface area contributed by atoms with Gasteiger partial charge in [0.2, 0.25) is 10.0 Å². The van der Waals surface area contributed by atoms with E-state index in [4.69, 9.17) is 9.88 Å². The first-order chi connectivity index (χ1) is 9.79. The second kappa shape index (κ2) is 7.89. The van der Waals surface area contributed by atoms with E-state index in [0.29, 0.717) is 25.7 Å². The van der Waals surface area contributed by atoms with Crippen LogP contribution in [0.3, 0.4) is 0 Å². The van der Waals surface area contributed by atoms with Gasteiger partial charge in [0.25, 0.3) is 0 Å². The van der Waals surface area contributed by atoms with Gasteiger partial charge in [0.05, 0.1) is 23.3 Å². The zero-order valence-electron chi connectivity index (χ0n) is 11.3. The average molecular weight is 320 g/mol. The molecule has 1 aromatic rings. The van der Waals surface area contributed by atoms with E-state index in [1.807, 2.05) is 0 Å². The number of sulfonamides is 1. The van der Waals surface area contributed by atoms with Gasteiger partial charge in [-0.05, 0) is 25.0 Å². The molecule has 0 amide bonds. The van der Waals surface area contributed by atoms with Gasteiger partial charge >= 0.3 is 5.69 Å². The summed E-state index contributed by atoms with van der Waals surface area (Å²) >= 11 is 0. The molecule has 2 N–H and O–H groups in total. The monoisotopic (exact) mass is 320 g/mol. The summed E-state index contributed by atoms with van der Waals surface area (Å²) < 4.78 is 39.5. The minimum atomic E-state index is -3.42. The molecule has 0 radical (unpaired) electrons. The first-order valence-corrected chi connectivity index (χ1v) is 8.08. The highest BCUT2D eigenvalue weighted by atomic mass is 32.2. The molecule has 0 aliphatic rings. The van der Waals surface area contributed by atoms with Crippen molar-refractivity contribution in [3.05, 3.63) is 34.1 Å². The number of primary sulfonamides is 1. The SMILES string of the molecule is NS(=O)(=O)CCCCCCOc1ccc(F)cc1[N+](=O)[O-]. The molecule has 1 rings (SSSR count). The van der Waals surface area contributed by atoms with Crippen LogP contribution in [0.15, 0.2) is 18.2 Å². The molecule has 0 fully saturated rings. The summed E-state index contributed by atoms with van der Waals surface area (Å²) in [5, 5.41) is 15.6.